The fraction of sp³-hybridized carbons (Fsp3) is 0.304. The number of imidazole rings is 1. The molecule has 190 valence electrons. The largest absolute Gasteiger partial charge is 0.573 e. The van der Waals surface area contributed by atoms with Crippen LogP contribution in [0.15, 0.2) is 49.1 Å². The summed E-state index contributed by atoms with van der Waals surface area (Å²) in [4.78, 5) is 36.8. The van der Waals surface area contributed by atoms with Crippen LogP contribution in [0, 0.1) is 0 Å². The maximum Gasteiger partial charge on any atom is 0.573 e. The highest BCUT2D eigenvalue weighted by Gasteiger charge is 2.34. The van der Waals surface area contributed by atoms with Gasteiger partial charge in [-0.25, -0.2) is 14.4 Å². The predicted octanol–water partition coefficient (Wildman–Crippen LogP) is 3.03. The number of hydrogen-bond donors (Lipinski definition) is 2. The molecule has 2 amide bonds. The van der Waals surface area contributed by atoms with Crippen LogP contribution < -0.4 is 15.2 Å². The number of primary amides is 1. The molecule has 1 saturated heterocycles. The number of aromatic nitrogens is 3. The van der Waals surface area contributed by atoms with Gasteiger partial charge in [0.15, 0.2) is 6.17 Å². The molecule has 1 aliphatic rings. The minimum absolute atomic E-state index is 0.0224. The van der Waals surface area contributed by atoms with Crippen molar-refractivity contribution in [1.29, 1.82) is 0 Å². The number of pyridine rings is 1. The summed E-state index contributed by atoms with van der Waals surface area (Å²) in [6, 6.07) is 6.36. The number of piperidine rings is 1. The van der Waals surface area contributed by atoms with Crippen LogP contribution in [0.25, 0.3) is 11.3 Å². The lowest BCUT2D eigenvalue weighted by molar-refractivity contribution is -0.274. The summed E-state index contributed by atoms with van der Waals surface area (Å²) in [6.45, 7) is -0.0752. The van der Waals surface area contributed by atoms with Gasteiger partial charge in [0, 0.05) is 24.7 Å². The number of ether oxygens (including phenoxy) is 2. The Morgan fingerprint density at radius 2 is 1.94 bits per heavy atom. The Morgan fingerprint density at radius 3 is 2.56 bits per heavy atom. The van der Waals surface area contributed by atoms with E-state index in [9.17, 15) is 27.2 Å². The van der Waals surface area contributed by atoms with E-state index in [-0.39, 0.29) is 43.3 Å². The van der Waals surface area contributed by atoms with Gasteiger partial charge in [-0.05, 0) is 23.8 Å². The van der Waals surface area contributed by atoms with Gasteiger partial charge >= 0.3 is 6.36 Å². The molecule has 0 saturated carbocycles. The molecule has 36 heavy (non-hydrogen) atoms. The summed E-state index contributed by atoms with van der Waals surface area (Å²) in [5, 5.41) is 0. The van der Waals surface area contributed by atoms with Crippen LogP contribution in [0.1, 0.15) is 22.3 Å². The molecule has 3 heterocycles. The van der Waals surface area contributed by atoms with E-state index in [4.69, 9.17) is 10.5 Å². The second-order valence-corrected chi connectivity index (χ2v) is 8.08. The summed E-state index contributed by atoms with van der Waals surface area (Å²) >= 11 is 0. The Kier molecular flexibility index (Phi) is 7.08. The van der Waals surface area contributed by atoms with Crippen molar-refractivity contribution in [2.75, 3.05) is 13.1 Å². The molecule has 2 atom stereocenters. The zero-order valence-electron chi connectivity index (χ0n) is 18.7. The SMILES string of the molecule is NC(=O)c1cc(-c2cnc[nH]2)cnc1O[C@@H]1CCN(C(=O)Cc2ccc(OC(F)(F)F)cc2)C[C@H]1F. The first kappa shape index (κ1) is 24.9. The van der Waals surface area contributed by atoms with E-state index in [1.54, 1.807) is 0 Å². The molecule has 0 spiro atoms. The Balaban J connectivity index is 1.36. The van der Waals surface area contributed by atoms with Gasteiger partial charge in [-0.2, -0.15) is 0 Å². The molecule has 1 aromatic carbocycles. The predicted molar refractivity (Wildman–Crippen MR) is 118 cm³/mol. The molecule has 1 aliphatic heterocycles. The average Bonchev–Trinajstić information content (AvgIpc) is 3.36. The number of nitrogens with two attached hydrogens (primary N) is 1. The molecule has 3 aromatic rings. The molecule has 1 fully saturated rings. The normalized spacial score (nSPS) is 18.1. The molecule has 13 heteroatoms. The van der Waals surface area contributed by atoms with Crippen LogP contribution in [-0.4, -0.2) is 63.4 Å². The van der Waals surface area contributed by atoms with Crippen molar-refractivity contribution in [2.24, 2.45) is 5.73 Å². The van der Waals surface area contributed by atoms with E-state index < -0.39 is 30.3 Å². The minimum Gasteiger partial charge on any atom is -0.471 e. The van der Waals surface area contributed by atoms with Gasteiger partial charge in [0.1, 0.15) is 17.4 Å². The maximum absolute atomic E-state index is 14.9. The van der Waals surface area contributed by atoms with Crippen molar-refractivity contribution < 1.29 is 36.6 Å². The number of carbonyl (C=O) groups excluding carboxylic acids is 2. The molecule has 0 aliphatic carbocycles. The van der Waals surface area contributed by atoms with Crippen molar-refractivity contribution in [1.82, 2.24) is 19.9 Å². The van der Waals surface area contributed by atoms with Gasteiger partial charge in [-0.1, -0.05) is 12.1 Å². The highest BCUT2D eigenvalue weighted by atomic mass is 19.4. The Morgan fingerprint density at radius 1 is 1.19 bits per heavy atom. The van der Waals surface area contributed by atoms with Gasteiger partial charge in [0.25, 0.3) is 5.91 Å². The first-order chi connectivity index (χ1) is 17.1. The van der Waals surface area contributed by atoms with Crippen molar-refractivity contribution in [3.05, 3.63) is 60.2 Å². The number of benzene rings is 1. The smallest absolute Gasteiger partial charge is 0.471 e. The first-order valence-electron chi connectivity index (χ1n) is 10.8. The van der Waals surface area contributed by atoms with Crippen LogP contribution in [0.3, 0.4) is 0 Å². The van der Waals surface area contributed by atoms with Crippen molar-refractivity contribution in [2.45, 2.75) is 31.5 Å². The lowest BCUT2D eigenvalue weighted by atomic mass is 10.0. The molecular weight excluding hydrogens is 486 g/mol. The van der Waals surface area contributed by atoms with Gasteiger partial charge in [0.2, 0.25) is 11.8 Å². The lowest BCUT2D eigenvalue weighted by Crippen LogP contribution is -2.49. The molecule has 0 radical (unpaired) electrons. The second-order valence-electron chi connectivity index (χ2n) is 8.08. The van der Waals surface area contributed by atoms with E-state index in [1.807, 2.05) is 0 Å². The number of rotatable bonds is 7. The summed E-state index contributed by atoms with van der Waals surface area (Å²) in [5.74, 6) is -1.70. The quantitative estimate of drug-likeness (QED) is 0.474. The van der Waals surface area contributed by atoms with Crippen LogP contribution in [-0.2, 0) is 11.2 Å². The second kappa shape index (κ2) is 10.2. The highest BCUT2D eigenvalue weighted by molar-refractivity contribution is 5.96. The van der Waals surface area contributed by atoms with Gasteiger partial charge in [0.05, 0.1) is 31.2 Å². The molecular formula is C23H21F4N5O4. The number of carbonyl (C=O) groups is 2. The zero-order valence-corrected chi connectivity index (χ0v) is 18.7. The summed E-state index contributed by atoms with van der Waals surface area (Å²) < 4.78 is 61.2. The van der Waals surface area contributed by atoms with Gasteiger partial charge < -0.3 is 25.1 Å². The van der Waals surface area contributed by atoms with Crippen molar-refractivity contribution in [3.63, 3.8) is 0 Å². The summed E-state index contributed by atoms with van der Waals surface area (Å²) in [7, 11) is 0. The number of aromatic amines is 1. The zero-order chi connectivity index (χ0) is 25.9. The third kappa shape index (κ3) is 6.09. The van der Waals surface area contributed by atoms with Crippen LogP contribution in [0.2, 0.25) is 0 Å². The van der Waals surface area contributed by atoms with E-state index in [0.717, 1.165) is 12.1 Å². The van der Waals surface area contributed by atoms with E-state index >= 15 is 0 Å². The number of nitrogens with one attached hydrogen (secondary N) is 1. The molecule has 9 nitrogen and oxygen atoms in total. The summed E-state index contributed by atoms with van der Waals surface area (Å²) in [5.41, 5.74) is 7.04. The number of amides is 2. The number of nitrogens with zero attached hydrogens (tertiary/aromatic N) is 3. The first-order valence-corrected chi connectivity index (χ1v) is 10.8. The minimum atomic E-state index is -4.81. The fourth-order valence-corrected chi connectivity index (χ4v) is 3.77. The molecule has 3 N–H and O–H groups in total. The van der Waals surface area contributed by atoms with Crippen LogP contribution in [0.5, 0.6) is 11.6 Å². The number of likely N-dealkylation sites (tertiary alicyclic amines) is 1. The number of alkyl halides is 4. The number of hydrogen-bond acceptors (Lipinski definition) is 6. The fourth-order valence-electron chi connectivity index (χ4n) is 3.77. The van der Waals surface area contributed by atoms with Crippen molar-refractivity contribution in [3.8, 4) is 22.9 Å². The molecule has 0 bridgehead atoms. The summed E-state index contributed by atoms with van der Waals surface area (Å²) in [6.07, 6.45) is -2.89. The van der Waals surface area contributed by atoms with Crippen molar-refractivity contribution >= 4 is 11.8 Å². The number of halogens is 4. The maximum atomic E-state index is 14.9. The third-order valence-electron chi connectivity index (χ3n) is 5.54. The number of H-pyrrole nitrogens is 1. The average molecular weight is 507 g/mol. The van der Waals surface area contributed by atoms with E-state index in [0.29, 0.717) is 16.8 Å². The highest BCUT2D eigenvalue weighted by Crippen LogP contribution is 2.27. The Bertz CT molecular complexity index is 1220. The molecule has 2 aromatic heterocycles. The molecule has 0 unspecified atom stereocenters. The Hall–Kier alpha value is -4.16. The van der Waals surface area contributed by atoms with Crippen LogP contribution >= 0.6 is 0 Å². The lowest BCUT2D eigenvalue weighted by Gasteiger charge is -2.34. The van der Waals surface area contributed by atoms with E-state index in [2.05, 4.69) is 19.7 Å². The van der Waals surface area contributed by atoms with Crippen LogP contribution in [0.4, 0.5) is 17.6 Å². The standard InChI is InChI=1S/C23H21F4N5O4/c24-17-11-32(20(33)7-13-1-3-15(4-2-13)36-23(25,26)27)6-5-19(17)35-22-16(21(28)34)8-14(9-30-22)18-10-29-12-31-18/h1-4,8-10,12,17,19H,5-7,11H2,(H2,28,34)(H,29,31)/t17-,19-/m1/s1. The van der Waals surface area contributed by atoms with E-state index in [1.165, 1.54) is 41.8 Å². The monoisotopic (exact) mass is 507 g/mol. The topological polar surface area (TPSA) is 123 Å². The third-order valence-corrected chi connectivity index (χ3v) is 5.54. The molecule has 4 rings (SSSR count). The van der Waals surface area contributed by atoms with Gasteiger partial charge in [-0.3, -0.25) is 9.59 Å². The van der Waals surface area contributed by atoms with Gasteiger partial charge in [-0.15, -0.1) is 13.2 Å². The Labute approximate surface area is 202 Å².